The molecule has 1 aliphatic carbocycles. The average molecular weight is 696 g/mol. The van der Waals surface area contributed by atoms with Crippen LogP contribution in [0.3, 0.4) is 0 Å². The summed E-state index contributed by atoms with van der Waals surface area (Å²) in [7, 11) is 0. The number of nitrogens with zero attached hydrogens (tertiary/aromatic N) is 1. The summed E-state index contributed by atoms with van der Waals surface area (Å²) < 4.78 is 0. The minimum absolute atomic E-state index is 0.113. The summed E-state index contributed by atoms with van der Waals surface area (Å²) in [6, 6.07) is 53.7. The highest BCUT2D eigenvalue weighted by molar-refractivity contribution is 6.14. The zero-order valence-corrected chi connectivity index (χ0v) is 31.3. The van der Waals surface area contributed by atoms with Crippen LogP contribution in [0.1, 0.15) is 38.3 Å². The summed E-state index contributed by atoms with van der Waals surface area (Å²) in [5.74, 6) is 0. The maximum absolute atomic E-state index is 3.78. The van der Waals surface area contributed by atoms with E-state index in [1.807, 2.05) is 12.2 Å². The van der Waals surface area contributed by atoms with E-state index in [1.165, 1.54) is 66.1 Å². The maximum atomic E-state index is 3.78. The molecule has 0 heterocycles. The molecule has 0 bridgehead atoms. The van der Waals surface area contributed by atoms with Crippen LogP contribution in [-0.2, 0) is 5.41 Å². The summed E-state index contributed by atoms with van der Waals surface area (Å²) in [4.78, 5) is 2.43. The molecular weight excluding hydrogens is 651 g/mol. The van der Waals surface area contributed by atoms with Crippen molar-refractivity contribution >= 4 is 32.9 Å². The van der Waals surface area contributed by atoms with Crippen LogP contribution in [0.5, 0.6) is 0 Å². The molecule has 0 unspecified atom stereocenters. The second-order valence-corrected chi connectivity index (χ2v) is 14.4. The number of anilines is 2. The normalized spacial score (nSPS) is 13.6. The van der Waals surface area contributed by atoms with Gasteiger partial charge in [0.2, 0.25) is 0 Å². The number of benzene rings is 7. The Balaban J connectivity index is 1.34. The Hall–Kier alpha value is -6.44. The van der Waals surface area contributed by atoms with Crippen molar-refractivity contribution in [2.75, 3.05) is 4.90 Å². The Kier molecular flexibility index (Phi) is 9.55. The van der Waals surface area contributed by atoms with E-state index in [0.29, 0.717) is 0 Å². The molecule has 0 amide bonds. The molecule has 8 rings (SSSR count). The molecule has 7 aromatic carbocycles. The molecule has 0 radical (unpaired) electrons. The molecule has 262 valence electrons. The predicted octanol–water partition coefficient (Wildman–Crippen LogP) is 14.9. The summed E-state index contributed by atoms with van der Waals surface area (Å²) >= 11 is 0. The number of allylic oxidation sites excluding steroid dienone is 8. The van der Waals surface area contributed by atoms with E-state index in [9.17, 15) is 0 Å². The molecule has 0 saturated carbocycles. The number of fused-ring (bicyclic) bond motifs is 5. The van der Waals surface area contributed by atoms with Crippen molar-refractivity contribution in [2.24, 2.45) is 0 Å². The van der Waals surface area contributed by atoms with Crippen LogP contribution in [0.2, 0.25) is 0 Å². The minimum atomic E-state index is -0.113. The fourth-order valence-corrected chi connectivity index (χ4v) is 8.20. The van der Waals surface area contributed by atoms with E-state index in [0.717, 1.165) is 23.5 Å². The van der Waals surface area contributed by atoms with Crippen LogP contribution in [0.4, 0.5) is 11.4 Å². The van der Waals surface area contributed by atoms with Gasteiger partial charge in [0.25, 0.3) is 0 Å². The van der Waals surface area contributed by atoms with Gasteiger partial charge in [-0.25, -0.2) is 0 Å². The van der Waals surface area contributed by atoms with Crippen molar-refractivity contribution in [3.8, 4) is 33.4 Å². The number of hydrogen-bond acceptors (Lipinski definition) is 1. The van der Waals surface area contributed by atoms with E-state index < -0.39 is 0 Å². The van der Waals surface area contributed by atoms with Crippen molar-refractivity contribution in [1.82, 2.24) is 0 Å². The van der Waals surface area contributed by atoms with Crippen LogP contribution < -0.4 is 4.90 Å². The molecule has 0 fully saturated rings. The molecule has 1 heteroatoms. The smallest absolute Gasteiger partial charge is 0.0468 e. The fraction of sp³-hybridized carbons (Fsp3) is 0.0943. The molecule has 0 N–H and O–H groups in total. The summed E-state index contributed by atoms with van der Waals surface area (Å²) in [5, 5.41) is 5.00. The topological polar surface area (TPSA) is 3.24 Å². The van der Waals surface area contributed by atoms with Gasteiger partial charge < -0.3 is 4.90 Å². The van der Waals surface area contributed by atoms with E-state index in [2.05, 4.69) is 208 Å². The van der Waals surface area contributed by atoms with E-state index in [-0.39, 0.29) is 5.41 Å². The molecule has 0 aliphatic heterocycles. The third-order valence-electron chi connectivity index (χ3n) is 10.8. The molecule has 7 aromatic rings. The zero-order chi connectivity index (χ0) is 37.1. The van der Waals surface area contributed by atoms with Crippen molar-refractivity contribution in [3.63, 3.8) is 0 Å². The van der Waals surface area contributed by atoms with Crippen LogP contribution in [0.15, 0.2) is 206 Å². The lowest BCUT2D eigenvalue weighted by molar-refractivity contribution is 0.660. The Morgan fingerprint density at radius 2 is 1.20 bits per heavy atom. The minimum Gasteiger partial charge on any atom is -0.311 e. The molecule has 0 aromatic heterocycles. The first kappa shape index (κ1) is 34.6. The van der Waals surface area contributed by atoms with Gasteiger partial charge >= 0.3 is 0 Å². The Labute approximate surface area is 320 Å². The van der Waals surface area contributed by atoms with Crippen LogP contribution >= 0.6 is 0 Å². The second-order valence-electron chi connectivity index (χ2n) is 14.4. The quantitative estimate of drug-likeness (QED) is 0.102. The van der Waals surface area contributed by atoms with Crippen molar-refractivity contribution < 1.29 is 0 Å². The van der Waals surface area contributed by atoms with E-state index >= 15 is 0 Å². The Bertz CT molecular complexity index is 2580. The lowest BCUT2D eigenvalue weighted by atomic mass is 9.82. The lowest BCUT2D eigenvalue weighted by Gasteiger charge is -2.30. The summed E-state index contributed by atoms with van der Waals surface area (Å²) in [6.45, 7) is 10.6. The summed E-state index contributed by atoms with van der Waals surface area (Å²) in [6.07, 6.45) is 17.5. The summed E-state index contributed by atoms with van der Waals surface area (Å²) in [5.41, 5.74) is 13.5. The molecule has 1 nitrogen and oxygen atoms in total. The fourth-order valence-electron chi connectivity index (χ4n) is 8.20. The standard InChI is InChI=1S/C53H45N/c1-5-7-8-9-10-11-15-26-41(6-2)54(43-31-33-47-46-29-20-21-30-50(46)53(3,4)51(47)37-43)42-32-34-48(49(36-42)38-22-13-12-14-23-38)52-44-27-18-16-24-39(44)35-40-25-17-19-28-45(40)52/h5-10,12-37H,1,11H2,2-4H3/b8-7-,10-9+,26-15-,41-6+. The monoisotopic (exact) mass is 695 g/mol. The first-order valence-electron chi connectivity index (χ1n) is 18.9. The van der Waals surface area contributed by atoms with E-state index in [4.69, 9.17) is 0 Å². The average Bonchev–Trinajstić information content (AvgIpc) is 3.44. The third-order valence-corrected chi connectivity index (χ3v) is 10.8. The van der Waals surface area contributed by atoms with Gasteiger partial charge in [-0.1, -0.05) is 178 Å². The van der Waals surface area contributed by atoms with Gasteiger partial charge in [-0.3, -0.25) is 0 Å². The Morgan fingerprint density at radius 1 is 0.574 bits per heavy atom. The van der Waals surface area contributed by atoms with Gasteiger partial charge in [0.05, 0.1) is 0 Å². The second kappa shape index (κ2) is 14.9. The van der Waals surface area contributed by atoms with Gasteiger partial charge in [0, 0.05) is 22.5 Å². The van der Waals surface area contributed by atoms with Gasteiger partial charge in [-0.2, -0.15) is 0 Å². The molecule has 0 saturated heterocycles. The van der Waals surface area contributed by atoms with Crippen molar-refractivity contribution in [1.29, 1.82) is 0 Å². The van der Waals surface area contributed by atoms with Crippen molar-refractivity contribution in [3.05, 3.63) is 218 Å². The third kappa shape index (κ3) is 6.33. The number of hydrogen-bond donors (Lipinski definition) is 0. The molecular formula is C53H45N. The van der Waals surface area contributed by atoms with Gasteiger partial charge in [0.15, 0.2) is 0 Å². The predicted molar refractivity (Wildman–Crippen MR) is 234 cm³/mol. The van der Waals surface area contributed by atoms with Crippen molar-refractivity contribution in [2.45, 2.75) is 32.6 Å². The zero-order valence-electron chi connectivity index (χ0n) is 31.3. The highest BCUT2D eigenvalue weighted by Gasteiger charge is 2.35. The molecule has 54 heavy (non-hydrogen) atoms. The van der Waals surface area contributed by atoms with Gasteiger partial charge in [-0.05, 0) is 116 Å². The van der Waals surface area contributed by atoms with Crippen LogP contribution in [0.25, 0.3) is 54.9 Å². The molecule has 1 aliphatic rings. The lowest BCUT2D eigenvalue weighted by Crippen LogP contribution is -2.18. The van der Waals surface area contributed by atoms with Crippen LogP contribution in [-0.4, -0.2) is 0 Å². The largest absolute Gasteiger partial charge is 0.311 e. The highest BCUT2D eigenvalue weighted by Crippen LogP contribution is 2.51. The molecule has 0 atom stereocenters. The molecule has 0 spiro atoms. The highest BCUT2D eigenvalue weighted by atomic mass is 15.1. The maximum Gasteiger partial charge on any atom is 0.0468 e. The van der Waals surface area contributed by atoms with Gasteiger partial charge in [0.1, 0.15) is 0 Å². The van der Waals surface area contributed by atoms with Gasteiger partial charge in [-0.15, -0.1) is 0 Å². The SMILES string of the molecule is C=C/C=C\C=C\C/C=C\C(=C/C)N(c1ccc(-c2c3ccccc3cc3ccccc23)c(-c2ccccc2)c1)c1ccc2c(c1)C(C)(C)c1ccccc1-2. The first-order valence-corrected chi connectivity index (χ1v) is 18.9. The van der Waals surface area contributed by atoms with Crippen LogP contribution in [0, 0.1) is 0 Å². The van der Waals surface area contributed by atoms with E-state index in [1.54, 1.807) is 6.08 Å². The number of rotatable bonds is 10. The first-order chi connectivity index (χ1) is 26.5. The Morgan fingerprint density at radius 3 is 1.93 bits per heavy atom.